The third-order valence-corrected chi connectivity index (χ3v) is 3.53. The van der Waals surface area contributed by atoms with Crippen LogP contribution in [0, 0.1) is 13.8 Å². The quantitative estimate of drug-likeness (QED) is 0.903. The van der Waals surface area contributed by atoms with Crippen molar-refractivity contribution in [3.05, 3.63) is 52.2 Å². The second-order valence-corrected chi connectivity index (χ2v) is 5.06. The summed E-state index contributed by atoms with van der Waals surface area (Å²) in [7, 11) is 0. The molecule has 0 aromatic carbocycles. The number of nitrogens with zero attached hydrogens (tertiary/aromatic N) is 1. The number of aryl methyl sites for hydroxylation is 2. The highest BCUT2D eigenvalue weighted by Gasteiger charge is 2.18. The van der Waals surface area contributed by atoms with E-state index in [9.17, 15) is 0 Å². The Kier molecular flexibility index (Phi) is 4.61. The van der Waals surface area contributed by atoms with Gasteiger partial charge in [0, 0.05) is 24.0 Å². The molecule has 102 valence electrons. The first kappa shape index (κ1) is 14.1. The molecule has 1 atom stereocenters. The molecule has 2 heterocycles. The van der Waals surface area contributed by atoms with Crippen LogP contribution in [-0.4, -0.2) is 11.5 Å². The van der Waals surface area contributed by atoms with Gasteiger partial charge in [-0.1, -0.05) is 18.5 Å². The largest absolute Gasteiger partial charge is 0.466 e. The number of nitrogens with one attached hydrogen (secondary N) is 1. The Bertz CT molecular complexity index is 551. The Morgan fingerprint density at radius 3 is 2.79 bits per heavy atom. The van der Waals surface area contributed by atoms with Gasteiger partial charge in [0.2, 0.25) is 0 Å². The normalized spacial score (nSPS) is 12.6. The predicted molar refractivity (Wildman–Crippen MR) is 77.6 cm³/mol. The summed E-state index contributed by atoms with van der Waals surface area (Å²) in [6.07, 6.45) is 4.29. The van der Waals surface area contributed by atoms with Crippen LogP contribution in [0.2, 0.25) is 5.02 Å². The number of hydrogen-bond acceptors (Lipinski definition) is 3. The third-order valence-electron chi connectivity index (χ3n) is 3.19. The van der Waals surface area contributed by atoms with Gasteiger partial charge in [-0.3, -0.25) is 4.98 Å². The van der Waals surface area contributed by atoms with Crippen LogP contribution in [0.1, 0.15) is 35.6 Å². The number of pyridine rings is 1. The molecule has 1 N–H and O–H groups in total. The lowest BCUT2D eigenvalue weighted by Crippen LogP contribution is -2.23. The zero-order valence-corrected chi connectivity index (χ0v) is 12.3. The Balaban J connectivity index is 2.26. The van der Waals surface area contributed by atoms with Crippen LogP contribution in [0.25, 0.3) is 0 Å². The summed E-state index contributed by atoms with van der Waals surface area (Å²) < 4.78 is 5.62. The number of rotatable bonds is 5. The standard InChI is InChI=1S/C15H19ClN2O/c1-4-18-15(13-7-10(2)19-11(13)3)8-12-5-6-17-9-14(12)16/h5-7,9,15,18H,4,8H2,1-3H3. The smallest absolute Gasteiger partial charge is 0.105 e. The highest BCUT2D eigenvalue weighted by atomic mass is 35.5. The van der Waals surface area contributed by atoms with Gasteiger partial charge in [-0.15, -0.1) is 0 Å². The summed E-state index contributed by atoms with van der Waals surface area (Å²) in [6, 6.07) is 4.27. The van der Waals surface area contributed by atoms with Crippen molar-refractivity contribution in [2.24, 2.45) is 0 Å². The lowest BCUT2D eigenvalue weighted by molar-refractivity contribution is 0.484. The fourth-order valence-electron chi connectivity index (χ4n) is 2.32. The Morgan fingerprint density at radius 1 is 1.42 bits per heavy atom. The number of furan rings is 1. The molecule has 0 aliphatic heterocycles. The van der Waals surface area contributed by atoms with E-state index in [1.54, 1.807) is 12.4 Å². The maximum atomic E-state index is 6.19. The van der Waals surface area contributed by atoms with Crippen LogP contribution >= 0.6 is 11.6 Å². The van der Waals surface area contributed by atoms with Gasteiger partial charge in [0.1, 0.15) is 11.5 Å². The average Bonchev–Trinajstić information content (AvgIpc) is 2.70. The first-order chi connectivity index (χ1) is 9.11. The van der Waals surface area contributed by atoms with Gasteiger partial charge < -0.3 is 9.73 Å². The van der Waals surface area contributed by atoms with Crippen LogP contribution < -0.4 is 5.32 Å². The highest BCUT2D eigenvalue weighted by molar-refractivity contribution is 6.31. The Labute approximate surface area is 119 Å². The number of likely N-dealkylation sites (N-methyl/N-ethyl adjacent to an activating group) is 1. The molecule has 0 aliphatic carbocycles. The Morgan fingerprint density at radius 2 is 2.21 bits per heavy atom. The lowest BCUT2D eigenvalue weighted by Gasteiger charge is -2.18. The number of aromatic nitrogens is 1. The van der Waals surface area contributed by atoms with Gasteiger partial charge in [0.25, 0.3) is 0 Å². The number of halogens is 1. The minimum Gasteiger partial charge on any atom is -0.466 e. The van der Waals surface area contributed by atoms with E-state index in [0.29, 0.717) is 5.02 Å². The van der Waals surface area contributed by atoms with E-state index < -0.39 is 0 Å². The molecule has 0 saturated carbocycles. The molecule has 0 aliphatic rings. The summed E-state index contributed by atoms with van der Waals surface area (Å²) >= 11 is 6.19. The van der Waals surface area contributed by atoms with Gasteiger partial charge in [0.15, 0.2) is 0 Å². The number of hydrogen-bond donors (Lipinski definition) is 1. The van der Waals surface area contributed by atoms with Gasteiger partial charge in [0.05, 0.1) is 5.02 Å². The molecule has 0 spiro atoms. The van der Waals surface area contributed by atoms with Crippen molar-refractivity contribution in [2.45, 2.75) is 33.2 Å². The van der Waals surface area contributed by atoms with Crippen molar-refractivity contribution in [1.29, 1.82) is 0 Å². The summed E-state index contributed by atoms with van der Waals surface area (Å²) in [5, 5.41) is 4.20. The van der Waals surface area contributed by atoms with E-state index in [2.05, 4.69) is 23.3 Å². The van der Waals surface area contributed by atoms with E-state index in [1.807, 2.05) is 19.9 Å². The fraction of sp³-hybridized carbons (Fsp3) is 0.400. The van der Waals surface area contributed by atoms with Crippen molar-refractivity contribution < 1.29 is 4.42 Å². The summed E-state index contributed by atoms with van der Waals surface area (Å²) in [4.78, 5) is 4.02. The predicted octanol–water partition coefficient (Wildman–Crippen LogP) is 3.84. The van der Waals surface area contributed by atoms with E-state index in [1.165, 1.54) is 5.56 Å². The molecule has 0 fully saturated rings. The van der Waals surface area contributed by atoms with Crippen molar-refractivity contribution in [1.82, 2.24) is 10.3 Å². The van der Waals surface area contributed by atoms with Crippen LogP contribution in [0.3, 0.4) is 0 Å². The first-order valence-electron chi connectivity index (χ1n) is 6.50. The van der Waals surface area contributed by atoms with Crippen LogP contribution in [0.4, 0.5) is 0 Å². The van der Waals surface area contributed by atoms with E-state index in [-0.39, 0.29) is 6.04 Å². The van der Waals surface area contributed by atoms with Crippen LogP contribution in [0.5, 0.6) is 0 Å². The molecule has 0 radical (unpaired) electrons. The average molecular weight is 279 g/mol. The lowest BCUT2D eigenvalue weighted by atomic mass is 9.99. The molecule has 0 bridgehead atoms. The zero-order chi connectivity index (χ0) is 13.8. The molecular weight excluding hydrogens is 260 g/mol. The van der Waals surface area contributed by atoms with Crippen molar-refractivity contribution in [3.63, 3.8) is 0 Å². The van der Waals surface area contributed by atoms with Gasteiger partial charge in [-0.05, 0) is 44.5 Å². The fourth-order valence-corrected chi connectivity index (χ4v) is 2.52. The third kappa shape index (κ3) is 3.37. The SMILES string of the molecule is CCNC(Cc1ccncc1Cl)c1cc(C)oc1C. The molecule has 4 heteroatoms. The highest BCUT2D eigenvalue weighted by Crippen LogP contribution is 2.27. The molecule has 3 nitrogen and oxygen atoms in total. The summed E-state index contributed by atoms with van der Waals surface area (Å²) in [6.45, 7) is 6.97. The topological polar surface area (TPSA) is 38.1 Å². The maximum Gasteiger partial charge on any atom is 0.105 e. The molecule has 0 saturated heterocycles. The van der Waals surface area contributed by atoms with Crippen LogP contribution in [-0.2, 0) is 6.42 Å². The monoisotopic (exact) mass is 278 g/mol. The zero-order valence-electron chi connectivity index (χ0n) is 11.5. The second-order valence-electron chi connectivity index (χ2n) is 4.65. The minimum atomic E-state index is 0.211. The van der Waals surface area contributed by atoms with Gasteiger partial charge >= 0.3 is 0 Å². The van der Waals surface area contributed by atoms with E-state index >= 15 is 0 Å². The van der Waals surface area contributed by atoms with Gasteiger partial charge in [-0.2, -0.15) is 0 Å². The second kappa shape index (κ2) is 6.22. The molecule has 2 aromatic rings. The molecule has 1 unspecified atom stereocenters. The summed E-state index contributed by atoms with van der Waals surface area (Å²) in [5.41, 5.74) is 2.30. The van der Waals surface area contributed by atoms with Crippen molar-refractivity contribution in [3.8, 4) is 0 Å². The maximum absolute atomic E-state index is 6.19. The van der Waals surface area contributed by atoms with Crippen LogP contribution in [0.15, 0.2) is 28.9 Å². The van der Waals surface area contributed by atoms with Crippen molar-refractivity contribution >= 4 is 11.6 Å². The van der Waals surface area contributed by atoms with Gasteiger partial charge in [-0.25, -0.2) is 0 Å². The Hall–Kier alpha value is -1.32. The minimum absolute atomic E-state index is 0.211. The summed E-state index contributed by atoms with van der Waals surface area (Å²) in [5.74, 6) is 1.91. The molecular formula is C15H19ClN2O. The molecule has 2 rings (SSSR count). The first-order valence-corrected chi connectivity index (χ1v) is 6.88. The van der Waals surface area contributed by atoms with E-state index in [0.717, 1.165) is 30.0 Å². The molecule has 0 amide bonds. The molecule has 19 heavy (non-hydrogen) atoms. The van der Waals surface area contributed by atoms with Crippen molar-refractivity contribution in [2.75, 3.05) is 6.54 Å². The molecule has 2 aromatic heterocycles. The van der Waals surface area contributed by atoms with E-state index in [4.69, 9.17) is 16.0 Å².